The number of rotatable bonds is 2. The van der Waals surface area contributed by atoms with Crippen molar-refractivity contribution >= 4 is 12.3 Å². The van der Waals surface area contributed by atoms with Crippen LogP contribution in [0, 0.1) is 11.8 Å². The van der Waals surface area contributed by atoms with Gasteiger partial charge in [-0.25, -0.2) is 0 Å². The number of aldehydes is 1. The Bertz CT molecular complexity index is 252. The van der Waals surface area contributed by atoms with Gasteiger partial charge in [0.25, 0.3) is 0 Å². The normalized spacial score (nSPS) is 28.5. The van der Waals surface area contributed by atoms with Crippen LogP contribution in [0.1, 0.15) is 6.42 Å². The number of carbonyl (C=O) groups is 2. The van der Waals surface area contributed by atoms with E-state index >= 15 is 0 Å². The van der Waals surface area contributed by atoms with Gasteiger partial charge in [0.15, 0.2) is 0 Å². The maximum Gasteiger partial charge on any atom is 0.311 e. The predicted octanol–water partition coefficient (Wildman–Crippen LogP) is 1.02. The second-order valence-electron chi connectivity index (χ2n) is 2.89. The van der Waals surface area contributed by atoms with Crippen LogP contribution in [-0.2, 0) is 9.59 Å². The third kappa shape index (κ3) is 1.61. The lowest BCUT2D eigenvalue weighted by Crippen LogP contribution is -2.25. The molecule has 1 aliphatic rings. The standard InChI is InChI=1S/C9H10O3/c1-6-2-3-8(9(11)12)7(4-6)5-10/h2-3,5,7-8H,1,4H2,(H,11,12). The number of hydrogen-bond acceptors (Lipinski definition) is 2. The lowest BCUT2D eigenvalue weighted by Gasteiger charge is -2.19. The van der Waals surface area contributed by atoms with Crippen molar-refractivity contribution < 1.29 is 14.7 Å². The average Bonchev–Trinajstić information content (AvgIpc) is 2.03. The first kappa shape index (κ1) is 8.71. The van der Waals surface area contributed by atoms with Crippen LogP contribution in [0.15, 0.2) is 24.3 Å². The Morgan fingerprint density at radius 1 is 1.75 bits per heavy atom. The Hall–Kier alpha value is -1.38. The van der Waals surface area contributed by atoms with E-state index < -0.39 is 17.8 Å². The Kier molecular flexibility index (Phi) is 2.43. The number of carbonyl (C=O) groups excluding carboxylic acids is 1. The van der Waals surface area contributed by atoms with Crippen molar-refractivity contribution in [1.29, 1.82) is 0 Å². The van der Waals surface area contributed by atoms with Gasteiger partial charge in [0, 0.05) is 5.92 Å². The summed E-state index contributed by atoms with van der Waals surface area (Å²) in [6, 6.07) is 0. The van der Waals surface area contributed by atoms with Gasteiger partial charge in [0.05, 0.1) is 5.92 Å². The van der Waals surface area contributed by atoms with E-state index in [9.17, 15) is 9.59 Å². The summed E-state index contributed by atoms with van der Waals surface area (Å²) >= 11 is 0. The molecule has 0 fully saturated rings. The topological polar surface area (TPSA) is 54.4 Å². The minimum Gasteiger partial charge on any atom is -0.481 e. The Labute approximate surface area is 70.4 Å². The zero-order valence-electron chi connectivity index (χ0n) is 6.56. The SMILES string of the molecule is C=C1C=CC(C(=O)O)C(C=O)C1. The van der Waals surface area contributed by atoms with Crippen LogP contribution in [-0.4, -0.2) is 17.4 Å². The fraction of sp³-hybridized carbons (Fsp3) is 0.333. The van der Waals surface area contributed by atoms with Crippen molar-refractivity contribution in [3.05, 3.63) is 24.3 Å². The van der Waals surface area contributed by atoms with E-state index in [1.54, 1.807) is 6.08 Å². The molecule has 0 radical (unpaired) electrons. The Balaban J connectivity index is 2.85. The molecule has 3 nitrogen and oxygen atoms in total. The maximum absolute atomic E-state index is 10.6. The van der Waals surface area contributed by atoms with Gasteiger partial charge in [-0.3, -0.25) is 4.79 Å². The highest BCUT2D eigenvalue weighted by Crippen LogP contribution is 2.25. The first-order valence-corrected chi connectivity index (χ1v) is 3.69. The van der Waals surface area contributed by atoms with Crippen molar-refractivity contribution in [2.24, 2.45) is 11.8 Å². The van der Waals surface area contributed by atoms with E-state index in [1.165, 1.54) is 6.08 Å². The number of carboxylic acids is 1. The van der Waals surface area contributed by atoms with Crippen LogP contribution in [0.25, 0.3) is 0 Å². The first-order valence-electron chi connectivity index (χ1n) is 3.69. The van der Waals surface area contributed by atoms with Gasteiger partial charge in [-0.2, -0.15) is 0 Å². The van der Waals surface area contributed by atoms with Gasteiger partial charge in [0.2, 0.25) is 0 Å². The highest BCUT2D eigenvalue weighted by Gasteiger charge is 2.28. The number of allylic oxidation sites excluding steroid dienone is 2. The summed E-state index contributed by atoms with van der Waals surface area (Å²) in [5, 5.41) is 8.69. The van der Waals surface area contributed by atoms with Crippen molar-refractivity contribution in [3.8, 4) is 0 Å². The molecule has 0 aromatic rings. The van der Waals surface area contributed by atoms with Crippen LogP contribution >= 0.6 is 0 Å². The number of aliphatic carboxylic acids is 1. The molecule has 0 spiro atoms. The van der Waals surface area contributed by atoms with Crippen molar-refractivity contribution in [2.75, 3.05) is 0 Å². The van der Waals surface area contributed by atoms with Crippen molar-refractivity contribution in [1.82, 2.24) is 0 Å². The van der Waals surface area contributed by atoms with E-state index in [4.69, 9.17) is 5.11 Å². The van der Waals surface area contributed by atoms with Gasteiger partial charge >= 0.3 is 5.97 Å². The first-order chi connectivity index (χ1) is 5.65. The summed E-state index contributed by atoms with van der Waals surface area (Å²) in [5.74, 6) is -2.07. The molecule has 3 heteroatoms. The second-order valence-corrected chi connectivity index (χ2v) is 2.89. The maximum atomic E-state index is 10.6. The molecule has 1 N–H and O–H groups in total. The summed E-state index contributed by atoms with van der Waals surface area (Å²) in [5.41, 5.74) is 0.810. The lowest BCUT2D eigenvalue weighted by atomic mass is 9.83. The summed E-state index contributed by atoms with van der Waals surface area (Å²) in [6.45, 7) is 3.67. The molecule has 12 heavy (non-hydrogen) atoms. The minimum absolute atomic E-state index is 0.444. The molecule has 0 aliphatic heterocycles. The number of hydrogen-bond donors (Lipinski definition) is 1. The van der Waals surface area contributed by atoms with Crippen LogP contribution in [0.4, 0.5) is 0 Å². The zero-order chi connectivity index (χ0) is 9.14. The fourth-order valence-corrected chi connectivity index (χ4v) is 1.28. The molecule has 0 aromatic carbocycles. The lowest BCUT2D eigenvalue weighted by molar-refractivity contribution is -0.143. The molecule has 1 aliphatic carbocycles. The van der Waals surface area contributed by atoms with Gasteiger partial charge in [-0.1, -0.05) is 24.3 Å². The summed E-state index contributed by atoms with van der Waals surface area (Å²) in [7, 11) is 0. The quantitative estimate of drug-likeness (QED) is 0.623. The van der Waals surface area contributed by atoms with Gasteiger partial charge in [0.1, 0.15) is 6.29 Å². The second kappa shape index (κ2) is 3.34. The van der Waals surface area contributed by atoms with Crippen LogP contribution in [0.5, 0.6) is 0 Å². The third-order valence-electron chi connectivity index (χ3n) is 1.96. The molecule has 1 rings (SSSR count). The molecule has 0 heterocycles. The minimum atomic E-state index is -0.948. The van der Waals surface area contributed by atoms with Gasteiger partial charge in [-0.15, -0.1) is 0 Å². The molecule has 64 valence electrons. The third-order valence-corrected chi connectivity index (χ3v) is 1.96. The monoisotopic (exact) mass is 166 g/mol. The molecule has 0 saturated carbocycles. The fourth-order valence-electron chi connectivity index (χ4n) is 1.28. The average molecular weight is 166 g/mol. The van der Waals surface area contributed by atoms with Crippen molar-refractivity contribution in [2.45, 2.75) is 6.42 Å². The van der Waals surface area contributed by atoms with E-state index in [-0.39, 0.29) is 0 Å². The molecule has 2 atom stereocenters. The molecule has 0 amide bonds. The van der Waals surface area contributed by atoms with E-state index in [0.29, 0.717) is 12.7 Å². The van der Waals surface area contributed by atoms with E-state index in [2.05, 4.69) is 6.58 Å². The van der Waals surface area contributed by atoms with Gasteiger partial charge in [-0.05, 0) is 6.42 Å². The molecule has 0 bridgehead atoms. The Morgan fingerprint density at radius 3 is 2.92 bits per heavy atom. The molecule has 0 saturated heterocycles. The summed E-state index contributed by atoms with van der Waals surface area (Å²) in [6.07, 6.45) is 4.33. The van der Waals surface area contributed by atoms with Crippen LogP contribution < -0.4 is 0 Å². The zero-order valence-corrected chi connectivity index (χ0v) is 6.56. The molecule has 0 aromatic heterocycles. The molecular weight excluding hydrogens is 156 g/mol. The molecular formula is C9H10O3. The van der Waals surface area contributed by atoms with E-state index in [1.807, 2.05) is 0 Å². The number of carboxylic acid groups (broad SMARTS) is 1. The highest BCUT2D eigenvalue weighted by atomic mass is 16.4. The Morgan fingerprint density at radius 2 is 2.42 bits per heavy atom. The van der Waals surface area contributed by atoms with E-state index in [0.717, 1.165) is 5.57 Å². The van der Waals surface area contributed by atoms with Crippen molar-refractivity contribution in [3.63, 3.8) is 0 Å². The predicted molar refractivity (Wildman–Crippen MR) is 43.6 cm³/mol. The molecule has 2 unspecified atom stereocenters. The van der Waals surface area contributed by atoms with Gasteiger partial charge < -0.3 is 9.90 Å². The van der Waals surface area contributed by atoms with Crippen LogP contribution in [0.2, 0.25) is 0 Å². The summed E-state index contributed by atoms with van der Waals surface area (Å²) < 4.78 is 0. The van der Waals surface area contributed by atoms with Crippen LogP contribution in [0.3, 0.4) is 0 Å². The highest BCUT2D eigenvalue weighted by molar-refractivity contribution is 5.78. The summed E-state index contributed by atoms with van der Waals surface area (Å²) in [4.78, 5) is 21.1. The smallest absolute Gasteiger partial charge is 0.311 e. The largest absolute Gasteiger partial charge is 0.481 e.